The Morgan fingerprint density at radius 1 is 1.03 bits per heavy atom. The molecule has 0 saturated carbocycles. The highest BCUT2D eigenvalue weighted by atomic mass is 19.1. The minimum absolute atomic E-state index is 0.117. The lowest BCUT2D eigenvalue weighted by molar-refractivity contribution is -0.127. The molecule has 32 heavy (non-hydrogen) atoms. The van der Waals surface area contributed by atoms with Crippen molar-refractivity contribution in [1.29, 1.82) is 0 Å². The third-order valence-electron chi connectivity index (χ3n) is 5.68. The fourth-order valence-electron chi connectivity index (χ4n) is 4.00. The molecule has 0 saturated heterocycles. The second-order valence-corrected chi connectivity index (χ2v) is 8.59. The molecule has 0 spiro atoms. The number of carbonyl (C=O) groups is 2. The van der Waals surface area contributed by atoms with E-state index in [9.17, 15) is 14.0 Å². The van der Waals surface area contributed by atoms with E-state index in [1.54, 1.807) is 37.4 Å². The molecule has 0 aromatic heterocycles. The maximum Gasteiger partial charge on any atom is 0.258 e. The molecule has 0 bridgehead atoms. The number of fused-ring (bicyclic) bond motifs is 1. The van der Waals surface area contributed by atoms with Crippen molar-refractivity contribution in [1.82, 2.24) is 10.2 Å². The molecule has 5 nitrogen and oxygen atoms in total. The third-order valence-corrected chi connectivity index (χ3v) is 5.68. The first-order valence-corrected chi connectivity index (χ1v) is 11.0. The van der Waals surface area contributed by atoms with Gasteiger partial charge in [0.2, 0.25) is 5.91 Å². The number of halogens is 1. The summed E-state index contributed by atoms with van der Waals surface area (Å²) in [5.74, 6) is -0.454. The van der Waals surface area contributed by atoms with Crippen molar-refractivity contribution in [2.75, 3.05) is 7.05 Å². The van der Waals surface area contributed by atoms with E-state index in [4.69, 9.17) is 4.74 Å². The van der Waals surface area contributed by atoms with Crippen molar-refractivity contribution in [3.63, 3.8) is 0 Å². The van der Waals surface area contributed by atoms with E-state index < -0.39 is 6.04 Å². The van der Waals surface area contributed by atoms with E-state index >= 15 is 0 Å². The number of hydrogen-bond acceptors (Lipinski definition) is 3. The van der Waals surface area contributed by atoms with E-state index in [0.29, 0.717) is 24.2 Å². The molecular formula is C26H31FN2O3. The molecule has 170 valence electrons. The van der Waals surface area contributed by atoms with Crippen LogP contribution in [0, 0.1) is 11.7 Å². The zero-order chi connectivity index (χ0) is 23.3. The van der Waals surface area contributed by atoms with E-state index in [2.05, 4.69) is 5.32 Å². The fraction of sp³-hybridized carbons (Fsp3) is 0.385. The summed E-state index contributed by atoms with van der Waals surface area (Å²) in [6.45, 7) is 5.78. The molecule has 0 aliphatic carbocycles. The van der Waals surface area contributed by atoms with Gasteiger partial charge in [-0.15, -0.1) is 0 Å². The predicted molar refractivity (Wildman–Crippen MR) is 123 cm³/mol. The van der Waals surface area contributed by atoms with Crippen LogP contribution in [0.4, 0.5) is 4.39 Å². The number of nitrogens with zero attached hydrogens (tertiary/aromatic N) is 1. The van der Waals surface area contributed by atoms with Gasteiger partial charge in [0.1, 0.15) is 17.6 Å². The molecule has 1 heterocycles. The van der Waals surface area contributed by atoms with Crippen LogP contribution in [0.25, 0.3) is 0 Å². The summed E-state index contributed by atoms with van der Waals surface area (Å²) in [4.78, 5) is 28.2. The number of rotatable bonds is 2. The summed E-state index contributed by atoms with van der Waals surface area (Å²) < 4.78 is 19.5. The molecule has 2 amide bonds. The number of benzene rings is 2. The van der Waals surface area contributed by atoms with Crippen LogP contribution in [0.3, 0.4) is 0 Å². The minimum Gasteiger partial charge on any atom is -0.490 e. The minimum atomic E-state index is -0.678. The van der Waals surface area contributed by atoms with Crippen molar-refractivity contribution >= 4 is 11.8 Å². The molecule has 0 unspecified atom stereocenters. The molecule has 3 rings (SSSR count). The van der Waals surface area contributed by atoms with Gasteiger partial charge in [-0.1, -0.05) is 50.3 Å². The maximum atomic E-state index is 13.4. The average Bonchev–Trinajstić information content (AvgIpc) is 2.75. The summed E-state index contributed by atoms with van der Waals surface area (Å²) in [5, 5.41) is 3.09. The Balaban J connectivity index is 1.99. The number of hydrogen-bond donors (Lipinski definition) is 1. The summed E-state index contributed by atoms with van der Waals surface area (Å²) in [6, 6.07) is 12.2. The molecule has 0 fully saturated rings. The summed E-state index contributed by atoms with van der Waals surface area (Å²) in [6.07, 6.45) is 5.08. The molecule has 1 N–H and O–H groups in total. The average molecular weight is 439 g/mol. The lowest BCUT2D eigenvalue weighted by Gasteiger charge is -2.32. The molecule has 1 aliphatic rings. The van der Waals surface area contributed by atoms with Crippen LogP contribution >= 0.6 is 0 Å². The lowest BCUT2D eigenvalue weighted by atomic mass is 9.98. The smallest absolute Gasteiger partial charge is 0.258 e. The highest BCUT2D eigenvalue weighted by Gasteiger charge is 2.33. The van der Waals surface area contributed by atoms with Crippen molar-refractivity contribution in [3.8, 4) is 5.75 Å². The topological polar surface area (TPSA) is 58.6 Å². The lowest BCUT2D eigenvalue weighted by Crippen LogP contribution is -2.51. The molecule has 2 aromatic carbocycles. The van der Waals surface area contributed by atoms with Crippen molar-refractivity contribution in [2.45, 2.75) is 51.8 Å². The van der Waals surface area contributed by atoms with Crippen LogP contribution in [0.1, 0.15) is 55.6 Å². The van der Waals surface area contributed by atoms with Gasteiger partial charge >= 0.3 is 0 Å². The third kappa shape index (κ3) is 5.55. The number of likely N-dealkylation sites (N-methyl/N-ethyl adjacent to an activating group) is 1. The van der Waals surface area contributed by atoms with Crippen LogP contribution in [0.2, 0.25) is 0 Å². The van der Waals surface area contributed by atoms with Gasteiger partial charge < -0.3 is 15.0 Å². The Morgan fingerprint density at radius 3 is 2.38 bits per heavy atom. The summed E-state index contributed by atoms with van der Waals surface area (Å²) in [7, 11) is 1.64. The number of ether oxygens (including phenoxy) is 1. The summed E-state index contributed by atoms with van der Waals surface area (Å²) >= 11 is 0. The molecule has 1 aliphatic heterocycles. The summed E-state index contributed by atoms with van der Waals surface area (Å²) in [5.41, 5.74) is 1.24. The van der Waals surface area contributed by atoms with Gasteiger partial charge in [0.15, 0.2) is 0 Å². The zero-order valence-corrected chi connectivity index (χ0v) is 19.0. The Kier molecular flexibility index (Phi) is 7.67. The first kappa shape index (κ1) is 23.5. The monoisotopic (exact) mass is 438 g/mol. The molecule has 0 radical (unpaired) electrons. The first-order chi connectivity index (χ1) is 15.3. The Hall–Kier alpha value is -3.15. The Labute approximate surface area is 189 Å². The van der Waals surface area contributed by atoms with Crippen LogP contribution in [-0.4, -0.2) is 35.9 Å². The largest absolute Gasteiger partial charge is 0.490 e. The SMILES string of the molecule is CC(C)[C@@H]1C(=O)N[C@H](c2ccc(F)cc2)C/C=C/C[C@H](C)Oc2ccccc2C(=O)N1C. The van der Waals surface area contributed by atoms with E-state index in [1.807, 2.05) is 39.0 Å². The van der Waals surface area contributed by atoms with Gasteiger partial charge in [0, 0.05) is 13.5 Å². The standard InChI is InChI=1S/C26H31FN2O3/c1-17(2)24-25(30)28-22(19-13-15-20(27)16-14-19)11-7-5-9-18(3)32-23-12-8-6-10-21(23)26(31)29(24)4/h5-8,10,12-18,22,24H,9,11H2,1-4H3,(H,28,30)/b7-5+/t18-,22-,24+/m0/s1. The van der Waals surface area contributed by atoms with Crippen molar-refractivity contribution in [3.05, 3.63) is 77.6 Å². The second kappa shape index (κ2) is 10.4. The number of carbonyl (C=O) groups excluding carboxylic acids is 2. The van der Waals surface area contributed by atoms with E-state index in [0.717, 1.165) is 5.56 Å². The van der Waals surface area contributed by atoms with Crippen LogP contribution < -0.4 is 10.1 Å². The number of nitrogens with one attached hydrogen (secondary N) is 1. The van der Waals surface area contributed by atoms with E-state index in [-0.39, 0.29) is 35.7 Å². The maximum absolute atomic E-state index is 13.4. The fourth-order valence-corrected chi connectivity index (χ4v) is 4.00. The second-order valence-electron chi connectivity index (χ2n) is 8.59. The van der Waals surface area contributed by atoms with Gasteiger partial charge in [-0.25, -0.2) is 4.39 Å². The molecule has 2 aromatic rings. The van der Waals surface area contributed by atoms with Crippen LogP contribution in [-0.2, 0) is 4.79 Å². The highest BCUT2D eigenvalue weighted by Crippen LogP contribution is 2.25. The van der Waals surface area contributed by atoms with Crippen molar-refractivity contribution < 1.29 is 18.7 Å². The van der Waals surface area contributed by atoms with Crippen molar-refractivity contribution in [2.24, 2.45) is 5.92 Å². The predicted octanol–water partition coefficient (Wildman–Crippen LogP) is 4.90. The Bertz CT molecular complexity index is 971. The number of para-hydroxylation sites is 1. The molecule has 6 heteroatoms. The quantitative estimate of drug-likeness (QED) is 0.679. The number of amides is 2. The first-order valence-electron chi connectivity index (χ1n) is 11.0. The van der Waals surface area contributed by atoms with E-state index in [1.165, 1.54) is 17.0 Å². The van der Waals surface area contributed by atoms with Gasteiger partial charge in [0.25, 0.3) is 5.91 Å². The van der Waals surface area contributed by atoms with Gasteiger partial charge in [-0.05, 0) is 49.1 Å². The van der Waals surface area contributed by atoms with Crippen LogP contribution in [0.15, 0.2) is 60.7 Å². The zero-order valence-electron chi connectivity index (χ0n) is 19.0. The normalized spacial score (nSPS) is 23.7. The molecule has 3 atom stereocenters. The Morgan fingerprint density at radius 2 is 1.69 bits per heavy atom. The van der Waals surface area contributed by atoms with Gasteiger partial charge in [-0.2, -0.15) is 0 Å². The highest BCUT2D eigenvalue weighted by molar-refractivity contribution is 5.99. The van der Waals surface area contributed by atoms with Gasteiger partial charge in [-0.3, -0.25) is 9.59 Å². The van der Waals surface area contributed by atoms with Gasteiger partial charge in [0.05, 0.1) is 17.7 Å². The van der Waals surface area contributed by atoms with Crippen LogP contribution in [0.5, 0.6) is 5.75 Å². The molecular weight excluding hydrogens is 407 g/mol.